The van der Waals surface area contributed by atoms with Gasteiger partial charge in [-0.2, -0.15) is 15.0 Å². The van der Waals surface area contributed by atoms with Gasteiger partial charge in [0.1, 0.15) is 0 Å². The molecule has 298 valence electrons. The summed E-state index contributed by atoms with van der Waals surface area (Å²) in [5.41, 5.74) is 9.88. The van der Waals surface area contributed by atoms with E-state index in [-0.39, 0.29) is 0 Å². The van der Waals surface area contributed by atoms with E-state index in [4.69, 9.17) is 15.0 Å². The number of rotatable bonds is 5. The standard InChI is InChI=1S/C57H33N5S2/c1-2-13-34(14-3-1)37-15-12-16-38(33-37)35-25-27-36(28-26-35)55-58-56(61-47-21-8-4-17-39(47)43-29-31-45-41-19-6-10-23-49(41)63-53(45)51(43)61)60-57(59-55)62-48-22-9-5-18-40(48)44-30-32-46-42-20-7-11-24-50(42)64-54(46)52(44)62/h1-33H. The number of fused-ring (bicyclic) bond motifs is 14. The summed E-state index contributed by atoms with van der Waals surface area (Å²) in [6.45, 7) is 0. The van der Waals surface area contributed by atoms with E-state index in [0.29, 0.717) is 17.7 Å². The molecule has 5 aromatic heterocycles. The average molecular weight is 852 g/mol. The maximum atomic E-state index is 5.58. The molecule has 7 heteroatoms. The molecule has 9 aromatic carbocycles. The zero-order valence-corrected chi connectivity index (χ0v) is 35.7. The first-order valence-electron chi connectivity index (χ1n) is 21.4. The monoisotopic (exact) mass is 851 g/mol. The molecule has 0 aliphatic heterocycles. The molecule has 0 spiro atoms. The van der Waals surface area contributed by atoms with Gasteiger partial charge in [0.25, 0.3) is 0 Å². The quantitative estimate of drug-likeness (QED) is 0.173. The number of hydrogen-bond donors (Lipinski definition) is 0. The second kappa shape index (κ2) is 13.8. The molecule has 5 nitrogen and oxygen atoms in total. The molecule has 0 aliphatic carbocycles. The van der Waals surface area contributed by atoms with Crippen molar-refractivity contribution in [1.29, 1.82) is 0 Å². The van der Waals surface area contributed by atoms with E-state index < -0.39 is 0 Å². The third kappa shape index (κ3) is 5.26. The molecule has 0 bridgehead atoms. The van der Waals surface area contributed by atoms with Crippen molar-refractivity contribution in [2.24, 2.45) is 0 Å². The first-order chi connectivity index (χ1) is 31.7. The van der Waals surface area contributed by atoms with Crippen molar-refractivity contribution >= 4 is 107 Å². The van der Waals surface area contributed by atoms with Gasteiger partial charge in [0.05, 0.1) is 31.5 Å². The van der Waals surface area contributed by atoms with E-state index in [1.165, 1.54) is 62.2 Å². The first kappa shape index (κ1) is 35.6. The van der Waals surface area contributed by atoms with E-state index >= 15 is 0 Å². The highest BCUT2D eigenvalue weighted by Gasteiger charge is 2.24. The van der Waals surface area contributed by atoms with Crippen molar-refractivity contribution in [1.82, 2.24) is 24.1 Å². The van der Waals surface area contributed by atoms with Gasteiger partial charge in [-0.1, -0.05) is 170 Å². The molecule has 0 amide bonds. The Labute approximate surface area is 374 Å². The number of aromatic nitrogens is 5. The van der Waals surface area contributed by atoms with Crippen LogP contribution in [0.25, 0.3) is 129 Å². The van der Waals surface area contributed by atoms with Gasteiger partial charge in [-0.25, -0.2) is 0 Å². The Kier molecular flexibility index (Phi) is 7.66. The highest BCUT2D eigenvalue weighted by atomic mass is 32.1. The SMILES string of the molecule is c1ccc(-c2cccc(-c3ccc(-c4nc(-n5c6ccccc6c6ccc7c8ccccc8sc7c65)nc(-n5c6ccccc6c6ccc7c8ccccc8sc7c65)n4)cc3)c2)cc1. The fraction of sp³-hybridized carbons (Fsp3) is 0. The molecule has 0 aliphatic rings. The van der Waals surface area contributed by atoms with Crippen molar-refractivity contribution in [2.45, 2.75) is 0 Å². The van der Waals surface area contributed by atoms with Crippen LogP contribution in [0.2, 0.25) is 0 Å². The van der Waals surface area contributed by atoms with Crippen molar-refractivity contribution < 1.29 is 0 Å². The summed E-state index contributed by atoms with van der Waals surface area (Å²) in [6.07, 6.45) is 0. The summed E-state index contributed by atoms with van der Waals surface area (Å²) in [5, 5.41) is 9.63. The normalized spacial score (nSPS) is 12.1. The lowest BCUT2D eigenvalue weighted by molar-refractivity contribution is 0.895. The predicted octanol–water partition coefficient (Wildman–Crippen LogP) is 15.8. The minimum Gasteiger partial charge on any atom is -0.276 e. The summed E-state index contributed by atoms with van der Waals surface area (Å²) < 4.78 is 9.50. The van der Waals surface area contributed by atoms with Crippen LogP contribution < -0.4 is 0 Å². The summed E-state index contributed by atoms with van der Waals surface area (Å²) in [5.74, 6) is 1.75. The molecule has 0 saturated carbocycles. The lowest BCUT2D eigenvalue weighted by Gasteiger charge is -2.13. The molecule has 5 heterocycles. The summed E-state index contributed by atoms with van der Waals surface area (Å²) >= 11 is 3.66. The van der Waals surface area contributed by atoms with Gasteiger partial charge in [-0.15, -0.1) is 22.7 Å². The second-order valence-electron chi connectivity index (χ2n) is 16.4. The summed E-state index contributed by atoms with van der Waals surface area (Å²) in [7, 11) is 0. The third-order valence-electron chi connectivity index (χ3n) is 12.8. The molecule has 0 radical (unpaired) electrons. The summed E-state index contributed by atoms with van der Waals surface area (Å²) in [6, 6.07) is 71.7. The Balaban J connectivity index is 1.06. The fourth-order valence-electron chi connectivity index (χ4n) is 9.88. The molecular weight excluding hydrogens is 819 g/mol. The van der Waals surface area contributed by atoms with Gasteiger partial charge in [0.2, 0.25) is 11.9 Å². The lowest BCUT2D eigenvalue weighted by atomic mass is 9.98. The van der Waals surface area contributed by atoms with Crippen LogP contribution in [0.15, 0.2) is 200 Å². The second-order valence-corrected chi connectivity index (χ2v) is 18.5. The Morgan fingerprint density at radius 3 is 1.27 bits per heavy atom. The maximum Gasteiger partial charge on any atom is 0.240 e. The van der Waals surface area contributed by atoms with E-state index in [0.717, 1.165) is 49.5 Å². The molecule has 0 saturated heterocycles. The van der Waals surface area contributed by atoms with Crippen LogP contribution in [0.1, 0.15) is 0 Å². The zero-order valence-electron chi connectivity index (χ0n) is 34.1. The third-order valence-corrected chi connectivity index (χ3v) is 15.2. The van der Waals surface area contributed by atoms with Crippen LogP contribution in [0.3, 0.4) is 0 Å². The van der Waals surface area contributed by atoms with Gasteiger partial charge < -0.3 is 0 Å². The van der Waals surface area contributed by atoms with E-state index in [2.05, 4.69) is 209 Å². The molecule has 14 aromatic rings. The van der Waals surface area contributed by atoms with Gasteiger partial charge >= 0.3 is 0 Å². The molecule has 0 unspecified atom stereocenters. The topological polar surface area (TPSA) is 48.5 Å². The first-order valence-corrected chi connectivity index (χ1v) is 23.1. The van der Waals surface area contributed by atoms with Crippen LogP contribution in [0, 0.1) is 0 Å². The predicted molar refractivity (Wildman–Crippen MR) is 271 cm³/mol. The molecule has 0 atom stereocenters. The maximum absolute atomic E-state index is 5.58. The van der Waals surface area contributed by atoms with Crippen molar-refractivity contribution in [3.05, 3.63) is 200 Å². The van der Waals surface area contributed by atoms with Crippen LogP contribution in [-0.4, -0.2) is 24.1 Å². The number of thiophene rings is 2. The van der Waals surface area contributed by atoms with Gasteiger partial charge in [-0.05, 0) is 52.6 Å². The minimum atomic E-state index is 0.574. The number of nitrogens with zero attached hydrogens (tertiary/aromatic N) is 5. The largest absolute Gasteiger partial charge is 0.276 e. The molecule has 14 rings (SSSR count). The Morgan fingerprint density at radius 1 is 0.297 bits per heavy atom. The molecule has 64 heavy (non-hydrogen) atoms. The highest BCUT2D eigenvalue weighted by molar-refractivity contribution is 7.27. The Hall–Kier alpha value is -7.97. The van der Waals surface area contributed by atoms with E-state index in [9.17, 15) is 0 Å². The van der Waals surface area contributed by atoms with E-state index in [1.54, 1.807) is 0 Å². The van der Waals surface area contributed by atoms with Crippen LogP contribution in [0.5, 0.6) is 0 Å². The average Bonchev–Trinajstić information content (AvgIpc) is 4.12. The van der Waals surface area contributed by atoms with E-state index in [1.807, 2.05) is 22.7 Å². The van der Waals surface area contributed by atoms with Crippen LogP contribution >= 0.6 is 22.7 Å². The van der Waals surface area contributed by atoms with Crippen molar-refractivity contribution in [2.75, 3.05) is 0 Å². The lowest BCUT2D eigenvalue weighted by Crippen LogP contribution is -2.10. The minimum absolute atomic E-state index is 0.574. The summed E-state index contributed by atoms with van der Waals surface area (Å²) in [4.78, 5) is 16.5. The molecular formula is C57H33N5S2. The van der Waals surface area contributed by atoms with Crippen LogP contribution in [-0.2, 0) is 0 Å². The van der Waals surface area contributed by atoms with Crippen LogP contribution in [0.4, 0.5) is 0 Å². The van der Waals surface area contributed by atoms with Gasteiger partial charge in [-0.3, -0.25) is 9.13 Å². The van der Waals surface area contributed by atoms with Gasteiger partial charge in [0, 0.05) is 58.1 Å². The van der Waals surface area contributed by atoms with Gasteiger partial charge in [0.15, 0.2) is 5.82 Å². The number of para-hydroxylation sites is 2. The number of hydrogen-bond acceptors (Lipinski definition) is 5. The van der Waals surface area contributed by atoms with Crippen molar-refractivity contribution in [3.63, 3.8) is 0 Å². The number of benzene rings is 9. The Morgan fingerprint density at radius 2 is 0.719 bits per heavy atom. The van der Waals surface area contributed by atoms with Crippen molar-refractivity contribution in [3.8, 4) is 45.5 Å². The fourth-order valence-corrected chi connectivity index (χ4v) is 12.4. The molecule has 0 N–H and O–H groups in total. The zero-order chi connectivity index (χ0) is 41.9. The Bertz CT molecular complexity index is 3990. The molecule has 0 fully saturated rings. The highest BCUT2D eigenvalue weighted by Crippen LogP contribution is 2.45. The smallest absolute Gasteiger partial charge is 0.240 e.